The van der Waals surface area contributed by atoms with Crippen LogP contribution in [0.15, 0.2) is 16.6 Å². The molecule has 0 saturated carbocycles. The molecule has 6 nitrogen and oxygen atoms in total. The molecule has 1 aliphatic carbocycles. The third-order valence-corrected chi connectivity index (χ3v) is 6.42. The lowest BCUT2D eigenvalue weighted by Gasteiger charge is -2.21. The summed E-state index contributed by atoms with van der Waals surface area (Å²) in [5.41, 5.74) is 1.88. The van der Waals surface area contributed by atoms with Gasteiger partial charge in [0, 0.05) is 16.5 Å². The highest BCUT2D eigenvalue weighted by Gasteiger charge is 2.28. The highest BCUT2D eigenvalue weighted by atomic mass is 79.9. The Bertz CT molecular complexity index is 721. The van der Waals surface area contributed by atoms with Gasteiger partial charge in [-0.3, -0.25) is 9.59 Å². The van der Waals surface area contributed by atoms with E-state index in [2.05, 4.69) is 21.2 Å². The fraction of sp³-hybridized carbons (Fsp3) is 0.438. The lowest BCUT2D eigenvalue weighted by atomic mass is 10.1. The lowest BCUT2D eigenvalue weighted by Crippen LogP contribution is -2.24. The van der Waals surface area contributed by atoms with E-state index in [9.17, 15) is 14.5 Å². The van der Waals surface area contributed by atoms with Crippen molar-refractivity contribution in [3.05, 3.63) is 27.7 Å². The summed E-state index contributed by atoms with van der Waals surface area (Å²) < 4.78 is 11.4. The van der Waals surface area contributed by atoms with Crippen molar-refractivity contribution in [3.63, 3.8) is 0 Å². The zero-order valence-electron chi connectivity index (χ0n) is 13.9. The fourth-order valence-corrected chi connectivity index (χ4v) is 4.56. The van der Waals surface area contributed by atoms with Crippen molar-refractivity contribution in [3.8, 4) is 0 Å². The van der Waals surface area contributed by atoms with Crippen LogP contribution in [0.25, 0.3) is 0 Å². The van der Waals surface area contributed by atoms with Crippen molar-refractivity contribution in [1.29, 1.82) is 0 Å². The minimum Gasteiger partial charge on any atom is -0.332 e. The molecule has 0 fully saturated rings. The molecule has 0 unspecified atom stereocenters. The van der Waals surface area contributed by atoms with Crippen LogP contribution in [-0.4, -0.2) is 35.1 Å². The number of hydrogen-bond acceptors (Lipinski definition) is 5. The van der Waals surface area contributed by atoms with Gasteiger partial charge in [-0.1, -0.05) is 15.9 Å². The Morgan fingerprint density at radius 2 is 1.92 bits per heavy atom. The fourth-order valence-electron chi connectivity index (χ4n) is 2.58. The minimum atomic E-state index is -3.39. The van der Waals surface area contributed by atoms with Gasteiger partial charge in [-0.25, -0.2) is 0 Å². The van der Waals surface area contributed by atoms with Crippen molar-refractivity contribution in [2.75, 3.05) is 18.5 Å². The number of ketones is 1. The van der Waals surface area contributed by atoms with Crippen LogP contribution in [0.4, 0.5) is 5.69 Å². The molecule has 1 aromatic rings. The SMILES string of the molecule is CCOP(O)(OCC)=C(C)C(=O)Nc1cc(Br)cc2c1C(=O)CC2. The monoisotopic (exact) mass is 417 g/mol. The molecule has 0 atom stereocenters. The van der Waals surface area contributed by atoms with Crippen LogP contribution in [0.1, 0.15) is 43.1 Å². The van der Waals surface area contributed by atoms with Gasteiger partial charge >= 0.3 is 0 Å². The summed E-state index contributed by atoms with van der Waals surface area (Å²) in [6, 6.07) is 3.57. The first-order valence-corrected chi connectivity index (χ1v) is 10.1. The van der Waals surface area contributed by atoms with E-state index in [1.54, 1.807) is 19.9 Å². The van der Waals surface area contributed by atoms with Gasteiger partial charge in [-0.15, -0.1) is 0 Å². The van der Waals surface area contributed by atoms with E-state index in [-0.39, 0.29) is 24.3 Å². The molecule has 0 saturated heterocycles. The smallest absolute Gasteiger partial charge is 0.263 e. The number of Topliss-reactive ketones (excluding diaryl/α,β-unsaturated/α-hetero) is 1. The number of fused-ring (bicyclic) bond motifs is 1. The van der Waals surface area contributed by atoms with Crippen molar-refractivity contribution in [2.24, 2.45) is 0 Å². The highest BCUT2D eigenvalue weighted by Crippen LogP contribution is 2.47. The van der Waals surface area contributed by atoms with Gasteiger partial charge in [0.2, 0.25) is 0 Å². The topological polar surface area (TPSA) is 84.9 Å². The Balaban J connectivity index is 2.38. The molecular weight excluding hydrogens is 397 g/mol. The van der Waals surface area contributed by atoms with Crippen molar-refractivity contribution < 1.29 is 23.5 Å². The normalized spacial score (nSPS) is 13.8. The molecular formula is C16H21BrNO5P. The Hall–Kier alpha value is -0.980. The number of hydrogen-bond donors (Lipinski definition) is 2. The van der Waals surface area contributed by atoms with Crippen LogP contribution in [0.5, 0.6) is 0 Å². The molecule has 0 aromatic heterocycles. The number of carbonyl (C=O) groups excluding carboxylic acids is 2. The molecule has 1 aromatic carbocycles. The average molecular weight is 418 g/mol. The summed E-state index contributed by atoms with van der Waals surface area (Å²) in [5, 5.41) is 2.79. The van der Waals surface area contributed by atoms with Gasteiger partial charge in [0.15, 0.2) is 5.78 Å². The predicted octanol–water partition coefficient (Wildman–Crippen LogP) is 3.54. The lowest BCUT2D eigenvalue weighted by molar-refractivity contribution is -0.110. The quantitative estimate of drug-likeness (QED) is 0.691. The molecule has 0 bridgehead atoms. The third-order valence-electron chi connectivity index (χ3n) is 3.69. The summed E-state index contributed by atoms with van der Waals surface area (Å²) in [5.74, 6) is -0.516. The standard InChI is InChI=1S/C16H21BrNO5P/c1-4-22-24(21,23-5-2)10(3)16(20)18-13-9-12(17)8-11-6-7-14(19)15(11)13/h8-9,21H,4-7H2,1-3H3,(H,18,20). The zero-order valence-corrected chi connectivity index (χ0v) is 16.4. The second kappa shape index (κ2) is 7.93. The Kier molecular flexibility index (Phi) is 6.39. The van der Waals surface area contributed by atoms with Gasteiger partial charge < -0.3 is 19.3 Å². The van der Waals surface area contributed by atoms with E-state index in [0.717, 1.165) is 10.0 Å². The first-order valence-electron chi connectivity index (χ1n) is 7.74. The molecule has 2 rings (SSSR count). The number of anilines is 1. The Morgan fingerprint density at radius 3 is 2.50 bits per heavy atom. The molecule has 0 aliphatic heterocycles. The zero-order chi connectivity index (χ0) is 17.9. The van der Waals surface area contributed by atoms with Crippen LogP contribution in [0, 0.1) is 0 Å². The number of halogens is 1. The summed E-state index contributed by atoms with van der Waals surface area (Å²) in [7, 11) is -3.39. The molecule has 0 spiro atoms. The molecule has 132 valence electrons. The summed E-state index contributed by atoms with van der Waals surface area (Å²) >= 11 is 3.39. The number of carbonyl (C=O) groups is 2. The van der Waals surface area contributed by atoms with Crippen LogP contribution in [0.2, 0.25) is 0 Å². The maximum absolute atomic E-state index is 12.6. The number of aryl methyl sites for hydroxylation is 1. The van der Waals surface area contributed by atoms with Gasteiger partial charge in [0.25, 0.3) is 13.5 Å². The van der Waals surface area contributed by atoms with Crippen molar-refractivity contribution >= 4 is 46.2 Å². The Morgan fingerprint density at radius 1 is 1.29 bits per heavy atom. The molecule has 24 heavy (non-hydrogen) atoms. The highest BCUT2D eigenvalue weighted by molar-refractivity contribution is 9.10. The van der Waals surface area contributed by atoms with Gasteiger partial charge in [-0.05, 0) is 44.9 Å². The largest absolute Gasteiger partial charge is 0.332 e. The molecule has 0 radical (unpaired) electrons. The van der Waals surface area contributed by atoms with Gasteiger partial charge in [0.05, 0.1) is 24.2 Å². The van der Waals surface area contributed by atoms with Crippen molar-refractivity contribution in [2.45, 2.75) is 33.6 Å². The summed E-state index contributed by atoms with van der Waals surface area (Å²) in [6.45, 7) is 5.36. The van der Waals surface area contributed by atoms with Gasteiger partial charge in [-0.2, -0.15) is 0 Å². The van der Waals surface area contributed by atoms with Crippen LogP contribution >= 0.6 is 23.5 Å². The molecule has 0 heterocycles. The number of rotatable bonds is 6. The maximum atomic E-state index is 12.6. The van der Waals surface area contributed by atoms with E-state index in [0.29, 0.717) is 24.1 Å². The van der Waals surface area contributed by atoms with Gasteiger partial charge in [0.1, 0.15) is 0 Å². The number of amides is 1. The Labute approximate surface area is 149 Å². The van der Waals surface area contributed by atoms with Crippen LogP contribution < -0.4 is 5.32 Å². The van der Waals surface area contributed by atoms with E-state index in [1.165, 1.54) is 6.92 Å². The summed E-state index contributed by atoms with van der Waals surface area (Å²) in [6.07, 6.45) is 1.10. The van der Waals surface area contributed by atoms with E-state index >= 15 is 0 Å². The van der Waals surface area contributed by atoms with E-state index in [4.69, 9.17) is 9.05 Å². The van der Waals surface area contributed by atoms with Crippen molar-refractivity contribution in [1.82, 2.24) is 0 Å². The van der Waals surface area contributed by atoms with Crippen LogP contribution in [-0.2, 0) is 20.3 Å². The molecule has 1 aliphatic rings. The predicted molar refractivity (Wildman–Crippen MR) is 98.5 cm³/mol. The van der Waals surface area contributed by atoms with E-state index in [1.807, 2.05) is 6.07 Å². The molecule has 2 N–H and O–H groups in total. The first kappa shape index (κ1) is 19.3. The third kappa shape index (κ3) is 3.98. The second-order valence-corrected chi connectivity index (χ2v) is 8.45. The number of nitrogens with one attached hydrogen (secondary N) is 1. The summed E-state index contributed by atoms with van der Waals surface area (Å²) in [4.78, 5) is 35.2. The molecule has 1 amide bonds. The number of benzene rings is 1. The maximum Gasteiger partial charge on any atom is 0.263 e. The average Bonchev–Trinajstić information content (AvgIpc) is 2.88. The second-order valence-electron chi connectivity index (χ2n) is 5.31. The molecule has 8 heteroatoms. The first-order chi connectivity index (χ1) is 11.3. The minimum absolute atomic E-state index is 0.00475. The van der Waals surface area contributed by atoms with E-state index < -0.39 is 13.5 Å². The van der Waals surface area contributed by atoms with Crippen LogP contribution in [0.3, 0.4) is 0 Å².